The summed E-state index contributed by atoms with van der Waals surface area (Å²) in [7, 11) is -3.63. The number of rotatable bonds is 7. The largest absolute Gasteiger partial charge is 0.489 e. The molecule has 27 heavy (non-hydrogen) atoms. The quantitative estimate of drug-likeness (QED) is 0.785. The molecule has 0 aromatic heterocycles. The SMILES string of the molecule is Cc1cc(C)cc(N(CC(=O)Nc2ccccc2OC(C)C)S(C)(=O)=O)c1. The van der Waals surface area contributed by atoms with E-state index < -0.39 is 15.9 Å². The van der Waals surface area contributed by atoms with E-state index in [1.807, 2.05) is 39.8 Å². The van der Waals surface area contributed by atoms with Crippen molar-refractivity contribution in [2.75, 3.05) is 22.4 Å². The lowest BCUT2D eigenvalue weighted by atomic mass is 10.1. The van der Waals surface area contributed by atoms with Crippen LogP contribution in [0.3, 0.4) is 0 Å². The molecular formula is C20H26N2O4S. The van der Waals surface area contributed by atoms with E-state index in [0.717, 1.165) is 21.7 Å². The maximum atomic E-state index is 12.6. The molecular weight excluding hydrogens is 364 g/mol. The number of hydrogen-bond acceptors (Lipinski definition) is 4. The van der Waals surface area contributed by atoms with E-state index >= 15 is 0 Å². The van der Waals surface area contributed by atoms with Crippen LogP contribution in [0.1, 0.15) is 25.0 Å². The molecule has 0 unspecified atom stereocenters. The number of carbonyl (C=O) groups excluding carboxylic acids is 1. The van der Waals surface area contributed by atoms with E-state index in [0.29, 0.717) is 17.1 Å². The van der Waals surface area contributed by atoms with Crippen LogP contribution in [0.25, 0.3) is 0 Å². The Kier molecular flexibility index (Phi) is 6.49. The van der Waals surface area contributed by atoms with Crippen LogP contribution in [0.5, 0.6) is 5.75 Å². The molecule has 0 atom stereocenters. The van der Waals surface area contributed by atoms with Gasteiger partial charge in [-0.2, -0.15) is 0 Å². The first-order chi connectivity index (χ1) is 12.6. The number of ether oxygens (including phenoxy) is 1. The summed E-state index contributed by atoms with van der Waals surface area (Å²) >= 11 is 0. The molecule has 1 amide bonds. The summed E-state index contributed by atoms with van der Waals surface area (Å²) < 4.78 is 31.3. The highest BCUT2D eigenvalue weighted by Crippen LogP contribution is 2.26. The van der Waals surface area contributed by atoms with Crippen molar-refractivity contribution in [3.8, 4) is 5.75 Å². The first-order valence-corrected chi connectivity index (χ1v) is 10.5. The van der Waals surface area contributed by atoms with Crippen molar-refractivity contribution in [1.29, 1.82) is 0 Å². The number of amides is 1. The van der Waals surface area contributed by atoms with Crippen LogP contribution in [0.2, 0.25) is 0 Å². The minimum absolute atomic E-state index is 0.0501. The highest BCUT2D eigenvalue weighted by Gasteiger charge is 2.22. The van der Waals surface area contributed by atoms with E-state index in [4.69, 9.17) is 4.74 Å². The zero-order chi connectivity index (χ0) is 20.2. The molecule has 1 N–H and O–H groups in total. The van der Waals surface area contributed by atoms with Gasteiger partial charge in [0, 0.05) is 0 Å². The fourth-order valence-corrected chi connectivity index (χ4v) is 3.58. The van der Waals surface area contributed by atoms with Gasteiger partial charge < -0.3 is 10.1 Å². The summed E-state index contributed by atoms with van der Waals surface area (Å²) in [5, 5.41) is 2.75. The first kappa shape index (κ1) is 20.8. The Morgan fingerprint density at radius 2 is 1.70 bits per heavy atom. The Hall–Kier alpha value is -2.54. The zero-order valence-electron chi connectivity index (χ0n) is 16.3. The average molecular weight is 391 g/mol. The molecule has 6 nitrogen and oxygen atoms in total. The molecule has 146 valence electrons. The Morgan fingerprint density at radius 1 is 1.11 bits per heavy atom. The number of nitrogens with zero attached hydrogens (tertiary/aromatic N) is 1. The lowest BCUT2D eigenvalue weighted by Crippen LogP contribution is -2.37. The van der Waals surface area contributed by atoms with Gasteiger partial charge in [0.15, 0.2) is 0 Å². The van der Waals surface area contributed by atoms with Crippen molar-refractivity contribution in [1.82, 2.24) is 0 Å². The monoisotopic (exact) mass is 390 g/mol. The van der Waals surface area contributed by atoms with E-state index in [2.05, 4.69) is 5.32 Å². The molecule has 0 saturated carbocycles. The Balaban J connectivity index is 2.25. The number of aryl methyl sites for hydroxylation is 2. The number of para-hydroxylation sites is 2. The molecule has 0 bridgehead atoms. The van der Waals surface area contributed by atoms with Gasteiger partial charge in [0.25, 0.3) is 0 Å². The van der Waals surface area contributed by atoms with Crippen molar-refractivity contribution in [3.05, 3.63) is 53.6 Å². The molecule has 0 radical (unpaired) electrons. The third kappa shape index (κ3) is 5.99. The number of hydrogen-bond donors (Lipinski definition) is 1. The lowest BCUT2D eigenvalue weighted by molar-refractivity contribution is -0.114. The van der Waals surface area contributed by atoms with Gasteiger partial charge in [-0.3, -0.25) is 9.10 Å². The summed E-state index contributed by atoms with van der Waals surface area (Å²) in [4.78, 5) is 12.6. The Bertz CT molecular complexity index is 903. The summed E-state index contributed by atoms with van der Waals surface area (Å²) in [5.74, 6) is 0.0949. The summed E-state index contributed by atoms with van der Waals surface area (Å²) in [6.07, 6.45) is 1.04. The minimum Gasteiger partial charge on any atom is -0.489 e. The van der Waals surface area contributed by atoms with Crippen LogP contribution in [0.4, 0.5) is 11.4 Å². The number of anilines is 2. The van der Waals surface area contributed by atoms with Gasteiger partial charge >= 0.3 is 0 Å². The van der Waals surface area contributed by atoms with Crippen molar-refractivity contribution in [2.45, 2.75) is 33.8 Å². The second-order valence-corrected chi connectivity index (χ2v) is 8.73. The fourth-order valence-electron chi connectivity index (χ4n) is 2.74. The lowest BCUT2D eigenvalue weighted by Gasteiger charge is -2.23. The molecule has 0 saturated heterocycles. The van der Waals surface area contributed by atoms with Crippen molar-refractivity contribution < 1.29 is 17.9 Å². The normalized spacial score (nSPS) is 11.3. The smallest absolute Gasteiger partial charge is 0.245 e. The predicted molar refractivity (Wildman–Crippen MR) is 109 cm³/mol. The van der Waals surface area contributed by atoms with Crippen LogP contribution in [-0.2, 0) is 14.8 Å². The van der Waals surface area contributed by atoms with Gasteiger partial charge in [-0.15, -0.1) is 0 Å². The van der Waals surface area contributed by atoms with Gasteiger partial charge in [0.1, 0.15) is 12.3 Å². The number of nitrogens with one attached hydrogen (secondary N) is 1. The second kappa shape index (κ2) is 8.43. The highest BCUT2D eigenvalue weighted by molar-refractivity contribution is 7.92. The molecule has 0 aliphatic carbocycles. The van der Waals surface area contributed by atoms with Crippen LogP contribution >= 0.6 is 0 Å². The number of benzene rings is 2. The summed E-state index contributed by atoms with van der Waals surface area (Å²) in [6.45, 7) is 7.24. The second-order valence-electron chi connectivity index (χ2n) is 6.83. The maximum absolute atomic E-state index is 12.6. The molecule has 7 heteroatoms. The number of carbonyl (C=O) groups is 1. The van der Waals surface area contributed by atoms with Crippen molar-refractivity contribution in [2.24, 2.45) is 0 Å². The maximum Gasteiger partial charge on any atom is 0.245 e. The average Bonchev–Trinajstić information content (AvgIpc) is 2.52. The molecule has 0 heterocycles. The van der Waals surface area contributed by atoms with E-state index in [-0.39, 0.29) is 12.6 Å². The molecule has 2 aromatic rings. The molecule has 2 aromatic carbocycles. The van der Waals surface area contributed by atoms with E-state index in [1.165, 1.54) is 0 Å². The van der Waals surface area contributed by atoms with Crippen LogP contribution in [0, 0.1) is 13.8 Å². The van der Waals surface area contributed by atoms with Gasteiger partial charge in [0.2, 0.25) is 15.9 Å². The van der Waals surface area contributed by atoms with E-state index in [9.17, 15) is 13.2 Å². The van der Waals surface area contributed by atoms with Gasteiger partial charge in [-0.25, -0.2) is 8.42 Å². The molecule has 0 spiro atoms. The Morgan fingerprint density at radius 3 is 2.26 bits per heavy atom. The zero-order valence-corrected chi connectivity index (χ0v) is 17.1. The highest BCUT2D eigenvalue weighted by atomic mass is 32.2. The minimum atomic E-state index is -3.63. The molecule has 2 rings (SSSR count). The third-order valence-corrected chi connectivity index (χ3v) is 4.85. The molecule has 0 aliphatic rings. The molecule has 0 fully saturated rings. The van der Waals surface area contributed by atoms with Gasteiger partial charge in [0.05, 0.1) is 23.7 Å². The Labute approximate surface area is 161 Å². The number of sulfonamides is 1. The standard InChI is InChI=1S/C20H26N2O4S/c1-14(2)26-19-9-7-6-8-18(19)21-20(23)13-22(27(5,24)25)17-11-15(3)10-16(4)12-17/h6-12,14H,13H2,1-5H3,(H,21,23). The van der Waals surface area contributed by atoms with Gasteiger partial charge in [-0.05, 0) is 63.1 Å². The van der Waals surface area contributed by atoms with Crippen molar-refractivity contribution >= 4 is 27.3 Å². The van der Waals surface area contributed by atoms with Crippen LogP contribution < -0.4 is 14.4 Å². The topological polar surface area (TPSA) is 75.7 Å². The molecule has 0 aliphatic heterocycles. The third-order valence-electron chi connectivity index (χ3n) is 3.71. The first-order valence-electron chi connectivity index (χ1n) is 8.68. The summed E-state index contributed by atoms with van der Waals surface area (Å²) in [5.41, 5.74) is 2.83. The van der Waals surface area contributed by atoms with E-state index in [1.54, 1.807) is 30.3 Å². The van der Waals surface area contributed by atoms with Crippen molar-refractivity contribution in [3.63, 3.8) is 0 Å². The predicted octanol–water partition coefficient (Wildman–Crippen LogP) is 3.50. The van der Waals surface area contributed by atoms with Crippen LogP contribution in [0.15, 0.2) is 42.5 Å². The fraction of sp³-hybridized carbons (Fsp3) is 0.350. The summed E-state index contributed by atoms with van der Waals surface area (Å²) in [6, 6.07) is 12.5. The van der Waals surface area contributed by atoms with Gasteiger partial charge in [-0.1, -0.05) is 18.2 Å². The van der Waals surface area contributed by atoms with Crippen LogP contribution in [-0.4, -0.2) is 33.2 Å².